The number of rotatable bonds is 8. The van der Waals surface area contributed by atoms with Gasteiger partial charge in [0.05, 0.1) is 24.9 Å². The molecule has 1 aliphatic heterocycles. The third-order valence-electron chi connectivity index (χ3n) is 2.97. The van der Waals surface area contributed by atoms with Crippen LogP contribution in [0.15, 0.2) is 0 Å². The Kier molecular flexibility index (Phi) is 6.41. The summed E-state index contributed by atoms with van der Waals surface area (Å²) < 4.78 is 5.66. The Morgan fingerprint density at radius 2 is 2.06 bits per heavy atom. The van der Waals surface area contributed by atoms with Crippen molar-refractivity contribution in [1.82, 2.24) is 10.2 Å². The third kappa shape index (κ3) is 6.99. The van der Waals surface area contributed by atoms with Gasteiger partial charge in [-0.1, -0.05) is 0 Å². The van der Waals surface area contributed by atoms with Gasteiger partial charge < -0.3 is 20.1 Å². The normalized spacial score (nSPS) is 19.1. The molecule has 1 heterocycles. The largest absolute Gasteiger partial charge is 0.395 e. The molecule has 0 aromatic carbocycles. The molecule has 4 heteroatoms. The monoisotopic (exact) mass is 244 g/mol. The van der Waals surface area contributed by atoms with E-state index >= 15 is 0 Å². The second kappa shape index (κ2) is 7.31. The van der Waals surface area contributed by atoms with E-state index in [0.29, 0.717) is 6.61 Å². The minimum Gasteiger partial charge on any atom is -0.395 e. The Morgan fingerprint density at radius 1 is 1.35 bits per heavy atom. The van der Waals surface area contributed by atoms with E-state index in [4.69, 9.17) is 4.74 Å². The van der Waals surface area contributed by atoms with E-state index < -0.39 is 0 Å². The SMILES string of the molecule is CC(C)(C)OC[C@H](CO)NCCCN1CCC1. The number of hydrogen-bond donors (Lipinski definition) is 2. The Balaban J connectivity index is 2.01. The summed E-state index contributed by atoms with van der Waals surface area (Å²) >= 11 is 0. The minimum atomic E-state index is -0.132. The van der Waals surface area contributed by atoms with Gasteiger partial charge in [-0.15, -0.1) is 0 Å². The molecule has 0 saturated carbocycles. The van der Waals surface area contributed by atoms with Crippen molar-refractivity contribution in [3.05, 3.63) is 0 Å². The van der Waals surface area contributed by atoms with Crippen molar-refractivity contribution in [2.75, 3.05) is 39.4 Å². The van der Waals surface area contributed by atoms with Crippen LogP contribution in [0.25, 0.3) is 0 Å². The number of nitrogens with one attached hydrogen (secondary N) is 1. The van der Waals surface area contributed by atoms with Crippen molar-refractivity contribution in [3.63, 3.8) is 0 Å². The Morgan fingerprint density at radius 3 is 2.53 bits per heavy atom. The predicted molar refractivity (Wildman–Crippen MR) is 70.3 cm³/mol. The van der Waals surface area contributed by atoms with E-state index in [2.05, 4.69) is 10.2 Å². The number of likely N-dealkylation sites (tertiary alicyclic amines) is 1. The second-order valence-corrected chi connectivity index (χ2v) is 5.81. The first kappa shape index (κ1) is 14.9. The molecule has 2 N–H and O–H groups in total. The highest BCUT2D eigenvalue weighted by Gasteiger charge is 2.15. The molecule has 0 spiro atoms. The van der Waals surface area contributed by atoms with Gasteiger partial charge in [0, 0.05) is 0 Å². The molecule has 1 aliphatic rings. The maximum Gasteiger partial charge on any atom is 0.0649 e. The van der Waals surface area contributed by atoms with Crippen LogP contribution in [-0.4, -0.2) is 61.0 Å². The molecule has 0 amide bonds. The summed E-state index contributed by atoms with van der Waals surface area (Å²) in [5.74, 6) is 0. The zero-order chi connectivity index (χ0) is 12.7. The number of aliphatic hydroxyl groups is 1. The van der Waals surface area contributed by atoms with Crippen molar-refractivity contribution in [2.24, 2.45) is 0 Å². The average Bonchev–Trinajstić information content (AvgIpc) is 2.18. The third-order valence-corrected chi connectivity index (χ3v) is 2.97. The lowest BCUT2D eigenvalue weighted by Gasteiger charge is -2.31. The Hall–Kier alpha value is -0.160. The summed E-state index contributed by atoms with van der Waals surface area (Å²) in [4.78, 5) is 2.46. The molecule has 1 rings (SSSR count). The standard InChI is InChI=1S/C13H28N2O2/c1-13(2,3)17-11-12(10-16)14-6-4-7-15-8-5-9-15/h12,14,16H,4-11H2,1-3H3/t12-/m0/s1. The second-order valence-electron chi connectivity index (χ2n) is 5.81. The minimum absolute atomic E-state index is 0.0608. The lowest BCUT2D eigenvalue weighted by Crippen LogP contribution is -2.42. The van der Waals surface area contributed by atoms with E-state index in [1.54, 1.807) is 0 Å². The first-order chi connectivity index (χ1) is 8.01. The van der Waals surface area contributed by atoms with Gasteiger partial charge >= 0.3 is 0 Å². The number of aliphatic hydroxyl groups excluding tert-OH is 1. The van der Waals surface area contributed by atoms with Crippen LogP contribution in [0.2, 0.25) is 0 Å². The van der Waals surface area contributed by atoms with Crippen molar-refractivity contribution in [2.45, 2.75) is 45.3 Å². The molecule has 0 aliphatic carbocycles. The molecule has 102 valence electrons. The molecule has 0 bridgehead atoms. The smallest absolute Gasteiger partial charge is 0.0649 e. The maximum absolute atomic E-state index is 9.24. The summed E-state index contributed by atoms with van der Waals surface area (Å²) in [5.41, 5.74) is -0.132. The van der Waals surface area contributed by atoms with Crippen LogP contribution in [0.3, 0.4) is 0 Å². The van der Waals surface area contributed by atoms with Crippen LogP contribution < -0.4 is 5.32 Å². The number of nitrogens with zero attached hydrogens (tertiary/aromatic N) is 1. The zero-order valence-electron chi connectivity index (χ0n) is 11.5. The first-order valence-electron chi connectivity index (χ1n) is 6.72. The first-order valence-corrected chi connectivity index (χ1v) is 6.72. The Bertz CT molecular complexity index is 200. The van der Waals surface area contributed by atoms with Crippen LogP contribution in [0.1, 0.15) is 33.6 Å². The molecule has 0 unspecified atom stereocenters. The summed E-state index contributed by atoms with van der Waals surface area (Å²) in [7, 11) is 0. The van der Waals surface area contributed by atoms with Crippen LogP contribution in [0.5, 0.6) is 0 Å². The van der Waals surface area contributed by atoms with Gasteiger partial charge in [-0.05, 0) is 59.8 Å². The Labute approximate surface area is 105 Å². The van der Waals surface area contributed by atoms with Gasteiger partial charge in [-0.3, -0.25) is 0 Å². The summed E-state index contributed by atoms with van der Waals surface area (Å²) in [6, 6.07) is 0.0608. The van der Waals surface area contributed by atoms with Crippen molar-refractivity contribution in [3.8, 4) is 0 Å². The van der Waals surface area contributed by atoms with Gasteiger partial charge in [-0.25, -0.2) is 0 Å². The van der Waals surface area contributed by atoms with Gasteiger partial charge in [-0.2, -0.15) is 0 Å². The molecular formula is C13H28N2O2. The van der Waals surface area contributed by atoms with Crippen LogP contribution >= 0.6 is 0 Å². The maximum atomic E-state index is 9.24. The molecule has 0 aromatic rings. The molecule has 1 fully saturated rings. The predicted octanol–water partition coefficient (Wildman–Crippen LogP) is 0.848. The van der Waals surface area contributed by atoms with Gasteiger partial charge in [0.15, 0.2) is 0 Å². The highest BCUT2D eigenvalue weighted by molar-refractivity contribution is 4.71. The van der Waals surface area contributed by atoms with Gasteiger partial charge in [0.25, 0.3) is 0 Å². The fraction of sp³-hybridized carbons (Fsp3) is 1.00. The molecule has 4 nitrogen and oxygen atoms in total. The van der Waals surface area contributed by atoms with Crippen molar-refractivity contribution in [1.29, 1.82) is 0 Å². The van der Waals surface area contributed by atoms with E-state index in [0.717, 1.165) is 13.0 Å². The molecule has 1 atom stereocenters. The van der Waals surface area contributed by atoms with Gasteiger partial charge in [0.1, 0.15) is 0 Å². The molecular weight excluding hydrogens is 216 g/mol. The van der Waals surface area contributed by atoms with Crippen LogP contribution in [0.4, 0.5) is 0 Å². The highest BCUT2D eigenvalue weighted by atomic mass is 16.5. The summed E-state index contributed by atoms with van der Waals surface area (Å²) in [6.45, 7) is 11.5. The van der Waals surface area contributed by atoms with Gasteiger partial charge in [0.2, 0.25) is 0 Å². The quantitative estimate of drug-likeness (QED) is 0.621. The van der Waals surface area contributed by atoms with Crippen molar-refractivity contribution < 1.29 is 9.84 Å². The fourth-order valence-electron chi connectivity index (χ4n) is 1.74. The van der Waals surface area contributed by atoms with E-state index in [1.807, 2.05) is 20.8 Å². The number of hydrogen-bond acceptors (Lipinski definition) is 4. The molecule has 1 saturated heterocycles. The average molecular weight is 244 g/mol. The molecule has 0 aromatic heterocycles. The number of ether oxygens (including phenoxy) is 1. The molecule has 17 heavy (non-hydrogen) atoms. The van der Waals surface area contributed by atoms with E-state index in [9.17, 15) is 5.11 Å². The van der Waals surface area contributed by atoms with Crippen LogP contribution in [-0.2, 0) is 4.74 Å². The van der Waals surface area contributed by atoms with Crippen LogP contribution in [0, 0.1) is 0 Å². The van der Waals surface area contributed by atoms with Crippen molar-refractivity contribution >= 4 is 0 Å². The summed E-state index contributed by atoms with van der Waals surface area (Å²) in [6.07, 6.45) is 2.50. The van der Waals surface area contributed by atoms with E-state index in [-0.39, 0.29) is 18.2 Å². The van der Waals surface area contributed by atoms with E-state index in [1.165, 1.54) is 26.1 Å². The highest BCUT2D eigenvalue weighted by Crippen LogP contribution is 2.07. The fourth-order valence-corrected chi connectivity index (χ4v) is 1.74. The zero-order valence-corrected chi connectivity index (χ0v) is 11.5. The topological polar surface area (TPSA) is 44.7 Å². The lowest BCUT2D eigenvalue weighted by atomic mass is 10.2. The molecule has 0 radical (unpaired) electrons. The lowest BCUT2D eigenvalue weighted by molar-refractivity contribution is -0.0214. The summed E-state index contributed by atoms with van der Waals surface area (Å²) in [5, 5.41) is 12.6.